The fourth-order valence-electron chi connectivity index (χ4n) is 4.37. The van der Waals surface area contributed by atoms with Crippen molar-refractivity contribution < 1.29 is 9.59 Å². The highest BCUT2D eigenvalue weighted by atomic mass is 16.2. The zero-order chi connectivity index (χ0) is 28.1. The Morgan fingerprint density at radius 2 is 1.80 bits per heavy atom. The van der Waals surface area contributed by atoms with E-state index in [9.17, 15) is 9.59 Å². The Labute approximate surface area is 233 Å². The van der Waals surface area contributed by atoms with Gasteiger partial charge in [0.2, 0.25) is 17.8 Å². The maximum Gasteiger partial charge on any atom is 0.248 e. The predicted molar refractivity (Wildman–Crippen MR) is 158 cm³/mol. The molecular formula is C30H32N8O2. The number of anilines is 4. The summed E-state index contributed by atoms with van der Waals surface area (Å²) in [5, 5.41) is 10.5. The van der Waals surface area contributed by atoms with Crippen LogP contribution in [0.4, 0.5) is 23.0 Å². The van der Waals surface area contributed by atoms with E-state index in [1.807, 2.05) is 84.6 Å². The summed E-state index contributed by atoms with van der Waals surface area (Å²) in [4.78, 5) is 41.4. The zero-order valence-electron chi connectivity index (χ0n) is 22.8. The lowest BCUT2D eigenvalue weighted by Gasteiger charge is -2.39. The molecule has 0 bridgehead atoms. The number of carbonyl (C=O) groups is 2. The van der Waals surface area contributed by atoms with Gasteiger partial charge in [-0.2, -0.15) is 0 Å². The van der Waals surface area contributed by atoms with E-state index in [4.69, 9.17) is 4.98 Å². The second-order valence-corrected chi connectivity index (χ2v) is 9.99. The normalized spacial score (nSPS) is 13.4. The van der Waals surface area contributed by atoms with Gasteiger partial charge < -0.3 is 25.8 Å². The molecule has 2 aromatic heterocycles. The molecule has 0 aliphatic carbocycles. The number of rotatable bonds is 9. The van der Waals surface area contributed by atoms with E-state index in [1.54, 1.807) is 19.3 Å². The van der Waals surface area contributed by atoms with Crippen LogP contribution in [0.2, 0.25) is 0 Å². The van der Waals surface area contributed by atoms with Crippen LogP contribution in [0.5, 0.6) is 0 Å². The molecule has 0 atom stereocenters. The van der Waals surface area contributed by atoms with Crippen LogP contribution in [-0.4, -0.2) is 76.3 Å². The predicted octanol–water partition coefficient (Wildman–Crippen LogP) is 4.13. The van der Waals surface area contributed by atoms with E-state index in [2.05, 4.69) is 25.9 Å². The second kappa shape index (κ2) is 11.9. The van der Waals surface area contributed by atoms with Crippen LogP contribution in [0.1, 0.15) is 6.92 Å². The number of nitrogens with zero attached hydrogens (tertiary/aromatic N) is 5. The number of amides is 2. The standard InChI is InChI=1S/C30H32N8O2/c1-20(39)38-18-26(19-38)33-23-9-11-24(12-10-23)35-30-32-17-22-13-14-31-28(29(22)36-30)21-6-4-7-25(16-21)34-27(40)8-5-15-37(2)3/h4-14,16-17,26,33H,15,18-19H2,1-3H3,(H,34,40)(H,32,35,36). The van der Waals surface area contributed by atoms with Crippen LogP contribution in [0.25, 0.3) is 22.2 Å². The summed E-state index contributed by atoms with van der Waals surface area (Å²) in [6, 6.07) is 17.6. The van der Waals surface area contributed by atoms with Crippen LogP contribution < -0.4 is 16.0 Å². The Kier molecular flexibility index (Phi) is 7.97. The molecular weight excluding hydrogens is 504 g/mol. The van der Waals surface area contributed by atoms with Crippen LogP contribution in [0, 0.1) is 0 Å². The molecule has 5 rings (SSSR count). The van der Waals surface area contributed by atoms with Crippen molar-refractivity contribution in [2.45, 2.75) is 13.0 Å². The van der Waals surface area contributed by atoms with Crippen LogP contribution in [0.15, 0.2) is 79.1 Å². The molecule has 1 saturated heterocycles. The van der Waals surface area contributed by atoms with E-state index in [-0.39, 0.29) is 17.9 Å². The summed E-state index contributed by atoms with van der Waals surface area (Å²) in [5.74, 6) is 0.370. The lowest BCUT2D eigenvalue weighted by molar-refractivity contribution is -0.132. The van der Waals surface area contributed by atoms with Crippen molar-refractivity contribution in [1.82, 2.24) is 24.8 Å². The minimum atomic E-state index is -0.189. The first kappa shape index (κ1) is 26.8. The van der Waals surface area contributed by atoms with E-state index in [0.717, 1.165) is 35.4 Å². The minimum Gasteiger partial charge on any atom is -0.379 e. The topological polar surface area (TPSA) is 115 Å². The first-order valence-corrected chi connectivity index (χ1v) is 13.1. The SMILES string of the molecule is CC(=O)N1CC(Nc2ccc(Nc3ncc4ccnc(-c5cccc(NC(=O)C=CCN(C)C)c5)c4n3)cc2)C1. The molecule has 2 aromatic carbocycles. The average Bonchev–Trinajstić information content (AvgIpc) is 2.90. The highest BCUT2D eigenvalue weighted by Gasteiger charge is 2.28. The van der Waals surface area contributed by atoms with Gasteiger partial charge in [0, 0.05) is 73.0 Å². The van der Waals surface area contributed by atoms with Crippen molar-refractivity contribution in [2.24, 2.45) is 0 Å². The number of nitrogens with one attached hydrogen (secondary N) is 3. The van der Waals surface area contributed by atoms with Crippen molar-refractivity contribution in [3.63, 3.8) is 0 Å². The number of hydrogen-bond donors (Lipinski definition) is 3. The lowest BCUT2D eigenvalue weighted by atomic mass is 10.1. The Balaban J connectivity index is 1.29. The van der Waals surface area contributed by atoms with Crippen molar-refractivity contribution in [2.75, 3.05) is 49.7 Å². The molecule has 1 aliphatic heterocycles. The number of likely N-dealkylation sites (N-methyl/N-ethyl adjacent to an activating group) is 1. The molecule has 3 N–H and O–H groups in total. The maximum absolute atomic E-state index is 12.3. The molecule has 3 heterocycles. The van der Waals surface area contributed by atoms with E-state index >= 15 is 0 Å². The first-order chi connectivity index (χ1) is 19.3. The third kappa shape index (κ3) is 6.59. The number of pyridine rings is 1. The molecule has 4 aromatic rings. The molecule has 1 aliphatic rings. The van der Waals surface area contributed by atoms with Gasteiger partial charge in [0.25, 0.3) is 0 Å². The van der Waals surface area contributed by atoms with E-state index < -0.39 is 0 Å². The van der Waals surface area contributed by atoms with E-state index in [0.29, 0.717) is 29.4 Å². The summed E-state index contributed by atoms with van der Waals surface area (Å²) in [7, 11) is 3.89. The Morgan fingerprint density at radius 3 is 2.55 bits per heavy atom. The van der Waals surface area contributed by atoms with Crippen LogP contribution >= 0.6 is 0 Å². The molecule has 0 spiro atoms. The zero-order valence-corrected chi connectivity index (χ0v) is 22.8. The van der Waals surface area contributed by atoms with Crippen molar-refractivity contribution >= 4 is 45.7 Å². The van der Waals surface area contributed by atoms with Crippen LogP contribution in [0.3, 0.4) is 0 Å². The molecule has 1 fully saturated rings. The number of carbonyl (C=O) groups excluding carboxylic acids is 2. The Hall–Kier alpha value is -4.83. The van der Waals surface area contributed by atoms with Crippen LogP contribution in [-0.2, 0) is 9.59 Å². The molecule has 10 heteroatoms. The monoisotopic (exact) mass is 536 g/mol. The number of hydrogen-bond acceptors (Lipinski definition) is 8. The van der Waals surface area contributed by atoms with E-state index in [1.165, 1.54) is 6.08 Å². The second-order valence-electron chi connectivity index (χ2n) is 9.99. The number of aromatic nitrogens is 3. The molecule has 0 radical (unpaired) electrons. The molecule has 0 unspecified atom stereocenters. The number of likely N-dealkylation sites (tertiary alicyclic amines) is 1. The van der Waals surface area contributed by atoms with Gasteiger partial charge in [-0.3, -0.25) is 14.6 Å². The van der Waals surface area contributed by atoms with Gasteiger partial charge in [-0.25, -0.2) is 9.97 Å². The summed E-state index contributed by atoms with van der Waals surface area (Å²) >= 11 is 0. The maximum atomic E-state index is 12.3. The molecule has 40 heavy (non-hydrogen) atoms. The van der Waals surface area contributed by atoms with Gasteiger partial charge in [-0.15, -0.1) is 0 Å². The molecule has 204 valence electrons. The summed E-state index contributed by atoms with van der Waals surface area (Å²) < 4.78 is 0. The highest BCUT2D eigenvalue weighted by molar-refractivity contribution is 6.00. The van der Waals surface area contributed by atoms with Crippen molar-refractivity contribution in [1.29, 1.82) is 0 Å². The number of fused-ring (bicyclic) bond motifs is 1. The summed E-state index contributed by atoms with van der Waals surface area (Å²) in [6.45, 7) is 3.72. The van der Waals surface area contributed by atoms with Crippen molar-refractivity contribution in [3.05, 3.63) is 79.1 Å². The third-order valence-electron chi connectivity index (χ3n) is 6.48. The molecule has 2 amide bonds. The van der Waals surface area contributed by atoms with Crippen molar-refractivity contribution in [3.8, 4) is 11.3 Å². The van der Waals surface area contributed by atoms with Gasteiger partial charge in [0.15, 0.2) is 0 Å². The minimum absolute atomic E-state index is 0.106. The summed E-state index contributed by atoms with van der Waals surface area (Å²) in [5.41, 5.74) is 4.74. The third-order valence-corrected chi connectivity index (χ3v) is 6.48. The smallest absolute Gasteiger partial charge is 0.248 e. The fraction of sp³-hybridized carbons (Fsp3) is 0.233. The van der Waals surface area contributed by atoms with Gasteiger partial charge in [-0.1, -0.05) is 18.2 Å². The first-order valence-electron chi connectivity index (χ1n) is 13.1. The van der Waals surface area contributed by atoms with Gasteiger partial charge in [0.05, 0.1) is 11.7 Å². The average molecular weight is 537 g/mol. The molecule has 10 nitrogen and oxygen atoms in total. The fourth-order valence-corrected chi connectivity index (χ4v) is 4.37. The van der Waals surface area contributed by atoms with Gasteiger partial charge in [-0.05, 0) is 56.6 Å². The lowest BCUT2D eigenvalue weighted by Crippen LogP contribution is -2.56. The Morgan fingerprint density at radius 1 is 1.02 bits per heavy atom. The van der Waals surface area contributed by atoms with Gasteiger partial charge >= 0.3 is 0 Å². The number of benzene rings is 2. The largest absolute Gasteiger partial charge is 0.379 e. The quantitative estimate of drug-likeness (QED) is 0.274. The molecule has 0 saturated carbocycles. The van der Waals surface area contributed by atoms with Gasteiger partial charge in [0.1, 0.15) is 5.52 Å². The highest BCUT2D eigenvalue weighted by Crippen LogP contribution is 2.28. The Bertz CT molecular complexity index is 1550. The summed E-state index contributed by atoms with van der Waals surface area (Å²) in [6.07, 6.45) is 6.85.